The van der Waals surface area contributed by atoms with Crippen LogP contribution in [0.5, 0.6) is 0 Å². The van der Waals surface area contributed by atoms with Gasteiger partial charge in [0.25, 0.3) is 0 Å². The van der Waals surface area contributed by atoms with E-state index in [2.05, 4.69) is 29.0 Å². The fourth-order valence-electron chi connectivity index (χ4n) is 2.46. The van der Waals surface area contributed by atoms with E-state index in [4.69, 9.17) is 5.11 Å². The number of pyridine rings is 1. The van der Waals surface area contributed by atoms with Crippen molar-refractivity contribution >= 4 is 11.8 Å². The van der Waals surface area contributed by atoms with Crippen LogP contribution in [0.15, 0.2) is 18.3 Å². The van der Waals surface area contributed by atoms with Gasteiger partial charge in [0.1, 0.15) is 11.4 Å². The summed E-state index contributed by atoms with van der Waals surface area (Å²) in [5.41, 5.74) is 0.237. The Balaban J connectivity index is 1.91. The number of anilines is 1. The molecule has 0 saturated carbocycles. The van der Waals surface area contributed by atoms with Gasteiger partial charge in [-0.1, -0.05) is 0 Å². The van der Waals surface area contributed by atoms with E-state index >= 15 is 0 Å². The molecule has 5 nitrogen and oxygen atoms in total. The lowest BCUT2D eigenvalue weighted by atomic mass is 10.1. The predicted octanol–water partition coefficient (Wildman–Crippen LogP) is 1.92. The summed E-state index contributed by atoms with van der Waals surface area (Å²) in [5, 5.41) is 12.3. The highest BCUT2D eigenvalue weighted by atomic mass is 16.4. The Hall–Kier alpha value is -1.62. The average molecular weight is 263 g/mol. The van der Waals surface area contributed by atoms with Crippen molar-refractivity contribution in [1.29, 1.82) is 0 Å². The maximum Gasteiger partial charge on any atom is 0.339 e. The van der Waals surface area contributed by atoms with Crippen molar-refractivity contribution in [3.05, 3.63) is 23.9 Å². The van der Waals surface area contributed by atoms with E-state index in [0.717, 1.165) is 26.1 Å². The summed E-state index contributed by atoms with van der Waals surface area (Å²) in [6.45, 7) is 7.38. The molecule has 1 saturated heterocycles. The van der Waals surface area contributed by atoms with Crippen LogP contribution in [0.3, 0.4) is 0 Å². The highest BCUT2D eigenvalue weighted by Gasteiger charge is 2.24. The number of hydrogen-bond acceptors (Lipinski definition) is 4. The molecule has 2 N–H and O–H groups in total. The Labute approximate surface area is 113 Å². The van der Waals surface area contributed by atoms with Gasteiger partial charge < -0.3 is 15.3 Å². The van der Waals surface area contributed by atoms with E-state index in [1.807, 2.05) is 0 Å². The fraction of sp³-hybridized carbons (Fsp3) is 0.571. The van der Waals surface area contributed by atoms with Crippen LogP contribution in [-0.2, 0) is 0 Å². The highest BCUT2D eigenvalue weighted by Crippen LogP contribution is 2.19. The molecule has 0 amide bonds. The van der Waals surface area contributed by atoms with Gasteiger partial charge in [0.2, 0.25) is 0 Å². The van der Waals surface area contributed by atoms with E-state index in [1.54, 1.807) is 18.3 Å². The monoisotopic (exact) mass is 263 g/mol. The Morgan fingerprint density at radius 1 is 1.63 bits per heavy atom. The molecule has 19 heavy (non-hydrogen) atoms. The van der Waals surface area contributed by atoms with Crippen molar-refractivity contribution in [3.8, 4) is 0 Å². The highest BCUT2D eigenvalue weighted by molar-refractivity contribution is 5.92. The Morgan fingerprint density at radius 3 is 3.05 bits per heavy atom. The standard InChI is InChI=1S/C14H21N3O2/c1-10(2)17-7-5-11(9-17)8-16-13-12(14(18)19)4-3-6-15-13/h3-4,6,10-11H,5,7-9H2,1-2H3,(H,15,16)(H,18,19). The van der Waals surface area contributed by atoms with E-state index in [-0.39, 0.29) is 5.56 Å². The van der Waals surface area contributed by atoms with Crippen LogP contribution in [0.1, 0.15) is 30.6 Å². The molecule has 0 aliphatic carbocycles. The Morgan fingerprint density at radius 2 is 2.42 bits per heavy atom. The lowest BCUT2D eigenvalue weighted by Crippen LogP contribution is -2.29. The number of carboxylic acids is 1. The van der Waals surface area contributed by atoms with E-state index in [1.165, 1.54) is 0 Å². The second-order valence-electron chi connectivity index (χ2n) is 5.33. The number of hydrogen-bond donors (Lipinski definition) is 2. The molecule has 1 aromatic rings. The number of rotatable bonds is 5. The molecule has 1 unspecified atom stereocenters. The zero-order valence-corrected chi connectivity index (χ0v) is 11.5. The minimum absolute atomic E-state index is 0.237. The van der Waals surface area contributed by atoms with Crippen LogP contribution >= 0.6 is 0 Å². The topological polar surface area (TPSA) is 65.5 Å². The van der Waals surface area contributed by atoms with Gasteiger partial charge in [-0.25, -0.2) is 9.78 Å². The summed E-state index contributed by atoms with van der Waals surface area (Å²) >= 11 is 0. The second-order valence-corrected chi connectivity index (χ2v) is 5.33. The molecule has 1 aliphatic rings. The lowest BCUT2D eigenvalue weighted by molar-refractivity contribution is 0.0697. The summed E-state index contributed by atoms with van der Waals surface area (Å²) in [5.74, 6) is 0.0925. The second kappa shape index (κ2) is 6.02. The molecule has 5 heteroatoms. The van der Waals surface area contributed by atoms with Gasteiger partial charge >= 0.3 is 5.97 Å². The van der Waals surface area contributed by atoms with Crippen molar-refractivity contribution in [2.24, 2.45) is 5.92 Å². The third-order valence-corrected chi connectivity index (χ3v) is 3.64. The Kier molecular flexibility index (Phi) is 4.37. The molecule has 1 fully saturated rings. The first-order valence-electron chi connectivity index (χ1n) is 6.74. The van der Waals surface area contributed by atoms with E-state index in [9.17, 15) is 4.79 Å². The first-order valence-corrected chi connectivity index (χ1v) is 6.74. The number of carboxylic acid groups (broad SMARTS) is 1. The van der Waals surface area contributed by atoms with Gasteiger partial charge in [0, 0.05) is 25.3 Å². The summed E-state index contributed by atoms with van der Waals surface area (Å²) < 4.78 is 0. The van der Waals surface area contributed by atoms with Crippen LogP contribution in [0.4, 0.5) is 5.82 Å². The number of carbonyl (C=O) groups is 1. The molecule has 2 rings (SSSR count). The molecule has 2 heterocycles. The first-order chi connectivity index (χ1) is 9.08. The van der Waals surface area contributed by atoms with Crippen molar-refractivity contribution in [2.75, 3.05) is 25.0 Å². The first kappa shape index (κ1) is 13.8. The predicted molar refractivity (Wildman–Crippen MR) is 74.5 cm³/mol. The van der Waals surface area contributed by atoms with Crippen molar-refractivity contribution in [3.63, 3.8) is 0 Å². The lowest BCUT2D eigenvalue weighted by Gasteiger charge is -2.20. The number of likely N-dealkylation sites (tertiary alicyclic amines) is 1. The summed E-state index contributed by atoms with van der Waals surface area (Å²) in [6.07, 6.45) is 2.77. The molecule has 1 atom stereocenters. The zero-order valence-electron chi connectivity index (χ0n) is 11.5. The van der Waals surface area contributed by atoms with Gasteiger partial charge in [-0.05, 0) is 44.9 Å². The minimum atomic E-state index is -0.939. The normalized spacial score (nSPS) is 19.8. The van der Waals surface area contributed by atoms with Crippen LogP contribution in [0.2, 0.25) is 0 Å². The summed E-state index contributed by atoms with van der Waals surface area (Å²) in [7, 11) is 0. The zero-order chi connectivity index (χ0) is 13.8. The van der Waals surface area contributed by atoms with Crippen molar-refractivity contribution in [1.82, 2.24) is 9.88 Å². The average Bonchev–Trinajstić information content (AvgIpc) is 2.85. The van der Waals surface area contributed by atoms with Crippen molar-refractivity contribution < 1.29 is 9.90 Å². The minimum Gasteiger partial charge on any atom is -0.478 e. The van der Waals surface area contributed by atoms with E-state index < -0.39 is 5.97 Å². The van der Waals surface area contributed by atoms with Gasteiger partial charge in [0.15, 0.2) is 0 Å². The molecule has 104 valence electrons. The van der Waals surface area contributed by atoms with Crippen LogP contribution < -0.4 is 5.32 Å². The molecule has 1 aromatic heterocycles. The van der Waals surface area contributed by atoms with Gasteiger partial charge in [-0.3, -0.25) is 0 Å². The quantitative estimate of drug-likeness (QED) is 0.849. The third-order valence-electron chi connectivity index (χ3n) is 3.64. The van der Waals surface area contributed by atoms with Gasteiger partial charge in [0.05, 0.1) is 0 Å². The summed E-state index contributed by atoms with van der Waals surface area (Å²) in [4.78, 5) is 17.6. The molecular formula is C14H21N3O2. The van der Waals surface area contributed by atoms with Gasteiger partial charge in [-0.2, -0.15) is 0 Å². The maximum atomic E-state index is 11.1. The van der Waals surface area contributed by atoms with E-state index in [0.29, 0.717) is 17.8 Å². The molecule has 1 aliphatic heterocycles. The van der Waals surface area contributed by atoms with Gasteiger partial charge in [-0.15, -0.1) is 0 Å². The van der Waals surface area contributed by atoms with Crippen LogP contribution in [-0.4, -0.2) is 46.6 Å². The third kappa shape index (κ3) is 3.44. The number of aromatic carboxylic acids is 1. The molecule has 0 spiro atoms. The molecule has 0 aromatic carbocycles. The molecule has 0 radical (unpaired) electrons. The Bertz CT molecular complexity index is 448. The number of nitrogens with one attached hydrogen (secondary N) is 1. The SMILES string of the molecule is CC(C)N1CCC(CNc2ncccc2C(=O)O)C1. The molecular weight excluding hydrogens is 242 g/mol. The number of nitrogens with zero attached hydrogens (tertiary/aromatic N) is 2. The van der Waals surface area contributed by atoms with Crippen LogP contribution in [0.25, 0.3) is 0 Å². The fourth-order valence-corrected chi connectivity index (χ4v) is 2.46. The summed E-state index contributed by atoms with van der Waals surface area (Å²) in [6, 6.07) is 3.80. The molecule has 0 bridgehead atoms. The van der Waals surface area contributed by atoms with Crippen LogP contribution in [0, 0.1) is 5.92 Å². The van der Waals surface area contributed by atoms with Crippen molar-refractivity contribution in [2.45, 2.75) is 26.3 Å². The largest absolute Gasteiger partial charge is 0.478 e. The maximum absolute atomic E-state index is 11.1. The smallest absolute Gasteiger partial charge is 0.339 e. The number of aromatic nitrogens is 1.